The van der Waals surface area contributed by atoms with Crippen LogP contribution in [0.3, 0.4) is 0 Å². The third-order valence-corrected chi connectivity index (χ3v) is 4.59. The summed E-state index contributed by atoms with van der Waals surface area (Å²) in [5.41, 5.74) is 1.56. The Bertz CT molecular complexity index is 585. The molecule has 0 spiro atoms. The van der Waals surface area contributed by atoms with Crippen LogP contribution in [-0.4, -0.2) is 22.8 Å². The van der Waals surface area contributed by atoms with Gasteiger partial charge in [-0.15, -0.1) is 0 Å². The van der Waals surface area contributed by atoms with Crippen LogP contribution in [0.15, 0.2) is 12.1 Å². The molecule has 120 valence electrons. The highest BCUT2D eigenvalue weighted by Crippen LogP contribution is 2.44. The van der Waals surface area contributed by atoms with Gasteiger partial charge in [0, 0.05) is 12.0 Å². The minimum Gasteiger partial charge on any atom is -0.486 e. The molecule has 1 aromatic carbocycles. The summed E-state index contributed by atoms with van der Waals surface area (Å²) >= 11 is 0. The van der Waals surface area contributed by atoms with Crippen LogP contribution in [0.5, 0.6) is 5.75 Å². The second kappa shape index (κ2) is 5.58. The van der Waals surface area contributed by atoms with Crippen molar-refractivity contribution in [3.63, 3.8) is 0 Å². The quantitative estimate of drug-likeness (QED) is 0.667. The maximum absolute atomic E-state index is 12.3. The predicted octanol–water partition coefficient (Wildman–Crippen LogP) is 3.55. The van der Waals surface area contributed by atoms with Gasteiger partial charge in [-0.1, -0.05) is 31.9 Å². The fraction of sp³-hybridized carbons (Fsp3) is 0.611. The lowest BCUT2D eigenvalue weighted by molar-refractivity contribution is -0.0233. The van der Waals surface area contributed by atoms with Crippen molar-refractivity contribution >= 4 is 5.97 Å². The number of unbranched alkanes of at least 4 members (excludes halogenated alkanes) is 2. The Morgan fingerprint density at radius 1 is 1.27 bits per heavy atom. The highest BCUT2D eigenvalue weighted by Gasteiger charge is 2.41. The second-order valence-electron chi connectivity index (χ2n) is 6.87. The van der Waals surface area contributed by atoms with E-state index < -0.39 is 5.60 Å². The molecule has 0 bridgehead atoms. The largest absolute Gasteiger partial charge is 0.486 e. The molecule has 4 heteroatoms. The number of ether oxygens (including phenoxy) is 2. The molecule has 2 heterocycles. The summed E-state index contributed by atoms with van der Waals surface area (Å²) in [5.74, 6) is 0.331. The van der Waals surface area contributed by atoms with Crippen LogP contribution in [0.25, 0.3) is 0 Å². The predicted molar refractivity (Wildman–Crippen MR) is 83.2 cm³/mol. The first-order chi connectivity index (χ1) is 10.4. The average Bonchev–Trinajstić information content (AvgIpc) is 3.00. The topological polar surface area (TPSA) is 55.8 Å². The number of benzene rings is 1. The molecule has 2 atom stereocenters. The molecule has 0 radical (unpaired) electrons. The van der Waals surface area contributed by atoms with Gasteiger partial charge in [-0.2, -0.15) is 0 Å². The van der Waals surface area contributed by atoms with Gasteiger partial charge in [0.25, 0.3) is 0 Å². The molecule has 22 heavy (non-hydrogen) atoms. The van der Waals surface area contributed by atoms with Crippen molar-refractivity contribution in [1.29, 1.82) is 0 Å². The molecule has 2 aliphatic rings. The molecule has 1 N–H and O–H groups in total. The van der Waals surface area contributed by atoms with Crippen LogP contribution in [0.4, 0.5) is 0 Å². The van der Waals surface area contributed by atoms with Gasteiger partial charge in [0.15, 0.2) is 0 Å². The normalized spacial score (nSPS) is 23.0. The van der Waals surface area contributed by atoms with Crippen LogP contribution in [0.2, 0.25) is 0 Å². The number of carbonyl (C=O) groups is 1. The van der Waals surface area contributed by atoms with Crippen molar-refractivity contribution in [3.8, 4) is 5.75 Å². The van der Waals surface area contributed by atoms with E-state index in [1.807, 2.05) is 12.1 Å². The minimum absolute atomic E-state index is 0.149. The monoisotopic (exact) mass is 304 g/mol. The number of cyclic esters (lactones) is 1. The van der Waals surface area contributed by atoms with Crippen molar-refractivity contribution < 1.29 is 19.4 Å². The number of rotatable bonds is 5. The summed E-state index contributed by atoms with van der Waals surface area (Å²) in [6.07, 6.45) is 4.36. The van der Waals surface area contributed by atoms with Gasteiger partial charge in [0.1, 0.15) is 23.5 Å². The first-order valence-electron chi connectivity index (χ1n) is 8.17. The summed E-state index contributed by atoms with van der Waals surface area (Å²) in [7, 11) is 0. The zero-order chi connectivity index (χ0) is 15.9. The van der Waals surface area contributed by atoms with Gasteiger partial charge in [-0.25, -0.2) is 4.79 Å². The lowest BCUT2D eigenvalue weighted by Gasteiger charge is -2.24. The van der Waals surface area contributed by atoms with E-state index in [2.05, 4.69) is 6.92 Å². The third-order valence-electron chi connectivity index (χ3n) is 4.59. The van der Waals surface area contributed by atoms with E-state index in [1.165, 1.54) is 0 Å². The Morgan fingerprint density at radius 2 is 2.05 bits per heavy atom. The number of esters is 1. The van der Waals surface area contributed by atoms with Gasteiger partial charge in [0.2, 0.25) is 0 Å². The smallest absolute Gasteiger partial charge is 0.342 e. The Balaban J connectivity index is 1.87. The summed E-state index contributed by atoms with van der Waals surface area (Å²) in [5, 5.41) is 10.2. The Hall–Kier alpha value is -1.55. The molecule has 1 unspecified atom stereocenters. The van der Waals surface area contributed by atoms with Gasteiger partial charge in [-0.05, 0) is 32.3 Å². The summed E-state index contributed by atoms with van der Waals surface area (Å²) in [6, 6.07) is 4.00. The zero-order valence-electron chi connectivity index (χ0n) is 13.5. The lowest BCUT2D eigenvalue weighted by atomic mass is 9.94. The van der Waals surface area contributed by atoms with Crippen molar-refractivity contribution in [3.05, 3.63) is 28.8 Å². The van der Waals surface area contributed by atoms with Crippen LogP contribution in [0.1, 0.15) is 74.0 Å². The van der Waals surface area contributed by atoms with Gasteiger partial charge >= 0.3 is 5.97 Å². The van der Waals surface area contributed by atoms with Gasteiger partial charge < -0.3 is 14.6 Å². The molecular formula is C18H24O4. The van der Waals surface area contributed by atoms with Crippen molar-refractivity contribution in [2.24, 2.45) is 0 Å². The average molecular weight is 304 g/mol. The second-order valence-corrected chi connectivity index (χ2v) is 6.87. The van der Waals surface area contributed by atoms with Crippen LogP contribution in [0, 0.1) is 0 Å². The number of hydrogen-bond acceptors (Lipinski definition) is 4. The van der Waals surface area contributed by atoms with E-state index in [1.54, 1.807) is 13.8 Å². The molecular weight excluding hydrogens is 280 g/mol. The molecule has 0 aromatic heterocycles. The Kier molecular flexibility index (Phi) is 3.89. The van der Waals surface area contributed by atoms with Crippen LogP contribution in [-0.2, 0) is 11.2 Å². The lowest BCUT2D eigenvalue weighted by Crippen LogP contribution is -2.39. The van der Waals surface area contributed by atoms with E-state index in [-0.39, 0.29) is 18.2 Å². The number of aliphatic hydroxyl groups is 1. The van der Waals surface area contributed by atoms with Gasteiger partial charge in [-0.3, -0.25) is 0 Å². The van der Waals surface area contributed by atoms with E-state index in [4.69, 9.17) is 9.47 Å². The first kappa shape index (κ1) is 15.3. The number of fused-ring (bicyclic) bond motifs is 3. The van der Waals surface area contributed by atoms with Crippen LogP contribution >= 0.6 is 0 Å². The number of carbonyl (C=O) groups excluding carboxylic acids is 1. The summed E-state index contributed by atoms with van der Waals surface area (Å²) in [4.78, 5) is 12.3. The van der Waals surface area contributed by atoms with E-state index in [9.17, 15) is 9.90 Å². The SMILES string of the molecule is CCCCC[C@@H]1OC(=O)c2c1ccc1c2OC(C(C)(C)O)C1. The summed E-state index contributed by atoms with van der Waals surface area (Å²) in [6.45, 7) is 5.62. The highest BCUT2D eigenvalue weighted by atomic mass is 16.6. The molecule has 0 aliphatic carbocycles. The molecule has 0 fully saturated rings. The Labute approximate surface area is 131 Å². The minimum atomic E-state index is -0.936. The van der Waals surface area contributed by atoms with Crippen molar-refractivity contribution in [2.45, 2.75) is 70.7 Å². The molecule has 0 saturated heterocycles. The van der Waals surface area contributed by atoms with E-state index >= 15 is 0 Å². The molecule has 3 rings (SSSR count). The summed E-state index contributed by atoms with van der Waals surface area (Å²) < 4.78 is 11.5. The van der Waals surface area contributed by atoms with Crippen molar-refractivity contribution in [2.75, 3.05) is 0 Å². The fourth-order valence-electron chi connectivity index (χ4n) is 3.24. The molecule has 4 nitrogen and oxygen atoms in total. The maximum atomic E-state index is 12.3. The standard InChI is InChI=1S/C18H24O4/c1-4-5-6-7-13-12-9-8-11-10-14(18(2,3)20)22-16(11)15(12)17(19)21-13/h8-9,13-14,20H,4-7,10H2,1-3H3/t13-,14?/m0/s1. The van der Waals surface area contributed by atoms with E-state index in [0.29, 0.717) is 17.7 Å². The van der Waals surface area contributed by atoms with Gasteiger partial charge in [0.05, 0.1) is 5.60 Å². The molecule has 2 aliphatic heterocycles. The number of hydrogen-bond donors (Lipinski definition) is 1. The Morgan fingerprint density at radius 3 is 2.73 bits per heavy atom. The van der Waals surface area contributed by atoms with Crippen molar-refractivity contribution in [1.82, 2.24) is 0 Å². The maximum Gasteiger partial charge on any atom is 0.342 e. The zero-order valence-corrected chi connectivity index (χ0v) is 13.5. The molecule has 0 saturated carbocycles. The molecule has 0 amide bonds. The fourth-order valence-corrected chi connectivity index (χ4v) is 3.24. The first-order valence-corrected chi connectivity index (χ1v) is 8.17. The third kappa shape index (κ3) is 2.60. The molecule has 1 aromatic rings. The van der Waals surface area contributed by atoms with Crippen LogP contribution < -0.4 is 4.74 Å². The van der Waals surface area contributed by atoms with E-state index in [0.717, 1.165) is 36.8 Å². The highest BCUT2D eigenvalue weighted by molar-refractivity contribution is 5.97.